The minimum Gasteiger partial charge on any atom is -0.208 e. The maximum absolute atomic E-state index is 12.5. The van der Waals surface area contributed by atoms with Gasteiger partial charge in [-0.05, 0) is 6.07 Å². The first-order chi connectivity index (χ1) is 4.20. The van der Waals surface area contributed by atoms with Gasteiger partial charge in [-0.15, -0.1) is 0 Å². The van der Waals surface area contributed by atoms with Gasteiger partial charge in [0, 0.05) is 0 Å². The van der Waals surface area contributed by atoms with E-state index < -0.39 is 0 Å². The molecule has 9 heavy (non-hydrogen) atoms. The molecule has 0 aliphatic carbocycles. The van der Waals surface area contributed by atoms with Crippen LogP contribution in [0.25, 0.3) is 0 Å². The second kappa shape index (κ2) is 2.26. The van der Waals surface area contributed by atoms with Crippen LogP contribution in [-0.2, 0) is 0 Å². The number of rotatable bonds is 0. The highest BCUT2D eigenvalue weighted by Gasteiger charge is 1.92. The Morgan fingerprint density at radius 2 is 1.89 bits per heavy atom. The minimum atomic E-state index is -0.124. The molecule has 0 atom stereocenters. The van der Waals surface area contributed by atoms with Gasteiger partial charge in [0.2, 0.25) is 0 Å². The van der Waals surface area contributed by atoms with Gasteiger partial charge in [0.1, 0.15) is 21.5 Å². The zero-order valence-electron chi connectivity index (χ0n) is 5.61. The van der Waals surface area contributed by atoms with Gasteiger partial charge in [0.15, 0.2) is 0 Å². The monoisotopic (exact) mass is 120 g/mol. The van der Waals surface area contributed by atoms with Gasteiger partial charge in [-0.3, -0.25) is 0 Å². The zero-order valence-corrected chi connectivity index (χ0v) is 5.61. The topological polar surface area (TPSA) is 0 Å². The van der Waals surface area contributed by atoms with E-state index >= 15 is 0 Å². The molecular weight excluding hydrogens is 113 g/mol. The summed E-state index contributed by atoms with van der Waals surface area (Å²) in [6, 6.07) is 5.09. The van der Waals surface area contributed by atoms with Crippen LogP contribution in [0.5, 0.6) is 0 Å². The first-order valence-electron chi connectivity index (χ1n) is 2.93. The third kappa shape index (κ3) is 1.35. The molecule has 0 amide bonds. The van der Waals surface area contributed by atoms with E-state index in [1.54, 1.807) is 13.9 Å². The molecule has 0 spiro atoms. The summed E-state index contributed by atoms with van der Waals surface area (Å²) in [5, 5.41) is 0. The molecule has 3 heteroatoms. The summed E-state index contributed by atoms with van der Waals surface area (Å²) in [4.78, 5) is 0. The minimum absolute atomic E-state index is 0.124. The van der Waals surface area contributed by atoms with Crippen LogP contribution >= 0.6 is 0 Å². The summed E-state index contributed by atoms with van der Waals surface area (Å²) in [6.45, 7) is 0. The largest absolute Gasteiger partial charge is 0.208 e. The highest BCUT2D eigenvalue weighted by molar-refractivity contribution is 6.37. The van der Waals surface area contributed by atoms with Crippen LogP contribution in [-0.4, -0.2) is 15.7 Å². The van der Waals surface area contributed by atoms with E-state index in [0.717, 1.165) is 10.9 Å². The van der Waals surface area contributed by atoms with E-state index in [4.69, 9.17) is 0 Å². The number of halogens is 1. The van der Waals surface area contributed by atoms with Crippen LogP contribution < -0.4 is 10.9 Å². The Labute approximate surface area is 55.9 Å². The summed E-state index contributed by atoms with van der Waals surface area (Å²) in [5.41, 5.74) is 1.82. The molecule has 0 heterocycles. The number of benzene rings is 1. The molecule has 0 unspecified atom stereocenters. The number of hydrogen-bond donors (Lipinski definition) is 0. The first-order valence-corrected chi connectivity index (χ1v) is 2.93. The van der Waals surface area contributed by atoms with Crippen molar-refractivity contribution >= 4 is 26.6 Å². The second-order valence-corrected chi connectivity index (χ2v) is 2.25. The molecule has 0 N–H and O–H groups in total. The predicted octanol–water partition coefficient (Wildman–Crippen LogP) is -1.66. The molecule has 44 valence electrons. The van der Waals surface area contributed by atoms with E-state index in [-0.39, 0.29) is 5.82 Å². The van der Waals surface area contributed by atoms with Crippen LogP contribution in [0, 0.1) is 5.82 Å². The lowest BCUT2D eigenvalue weighted by Crippen LogP contribution is -2.15. The fourth-order valence-corrected chi connectivity index (χ4v) is 0.795. The molecule has 0 saturated heterocycles. The lowest BCUT2D eigenvalue weighted by Gasteiger charge is -1.95. The van der Waals surface area contributed by atoms with E-state index in [9.17, 15) is 4.39 Å². The predicted molar refractivity (Wildman–Crippen MR) is 42.8 cm³/mol. The summed E-state index contributed by atoms with van der Waals surface area (Å²) in [6.07, 6.45) is 0. The van der Waals surface area contributed by atoms with Crippen molar-refractivity contribution in [1.82, 2.24) is 0 Å². The Kier molecular flexibility index (Phi) is 1.60. The summed E-state index contributed by atoms with van der Waals surface area (Å²) in [5.74, 6) is -0.124. The quantitative estimate of drug-likeness (QED) is 0.359. The highest BCUT2D eigenvalue weighted by Crippen LogP contribution is 1.86. The smallest absolute Gasteiger partial charge is 0.143 e. The Morgan fingerprint density at radius 3 is 2.33 bits per heavy atom. The SMILES string of the molecule is Bc1ccc(F)c(B)c1. The van der Waals surface area contributed by atoms with Gasteiger partial charge in [0.05, 0.1) is 0 Å². The van der Waals surface area contributed by atoms with Gasteiger partial charge in [0.25, 0.3) is 0 Å². The molecule has 0 fully saturated rings. The molecule has 1 aromatic rings. The third-order valence-corrected chi connectivity index (χ3v) is 1.31. The fraction of sp³-hybridized carbons (Fsp3) is 0. The van der Waals surface area contributed by atoms with Gasteiger partial charge in [-0.1, -0.05) is 23.1 Å². The van der Waals surface area contributed by atoms with Gasteiger partial charge in [-0.2, -0.15) is 0 Å². The average Bonchev–Trinajstić information content (AvgIpc) is 1.80. The average molecular weight is 120 g/mol. The molecular formula is C6H7B2F. The van der Waals surface area contributed by atoms with Crippen molar-refractivity contribution in [3.63, 3.8) is 0 Å². The molecule has 0 bridgehead atoms. The van der Waals surface area contributed by atoms with E-state index in [1.807, 2.05) is 13.9 Å². The molecule has 0 aromatic heterocycles. The van der Waals surface area contributed by atoms with Crippen molar-refractivity contribution < 1.29 is 4.39 Å². The van der Waals surface area contributed by atoms with Gasteiger partial charge < -0.3 is 0 Å². The van der Waals surface area contributed by atoms with Crippen molar-refractivity contribution in [3.05, 3.63) is 24.0 Å². The molecule has 0 aliphatic rings. The van der Waals surface area contributed by atoms with Crippen LogP contribution in [0.4, 0.5) is 4.39 Å². The summed E-state index contributed by atoms with van der Waals surface area (Å²) < 4.78 is 12.5. The highest BCUT2D eigenvalue weighted by atomic mass is 19.1. The third-order valence-electron chi connectivity index (χ3n) is 1.31. The van der Waals surface area contributed by atoms with E-state index in [0.29, 0.717) is 0 Å². The van der Waals surface area contributed by atoms with Gasteiger partial charge >= 0.3 is 0 Å². The fourth-order valence-electron chi connectivity index (χ4n) is 0.795. The Morgan fingerprint density at radius 1 is 1.22 bits per heavy atom. The van der Waals surface area contributed by atoms with Crippen LogP contribution in [0.2, 0.25) is 0 Å². The Bertz CT molecular complexity index is 222. The molecule has 0 nitrogen and oxygen atoms in total. The molecule has 0 aliphatic heterocycles. The van der Waals surface area contributed by atoms with Crippen molar-refractivity contribution in [3.8, 4) is 0 Å². The Hall–Kier alpha value is -0.720. The molecule has 0 radical (unpaired) electrons. The second-order valence-electron chi connectivity index (χ2n) is 2.25. The maximum Gasteiger partial charge on any atom is 0.143 e. The first kappa shape index (κ1) is 6.40. The lowest BCUT2D eigenvalue weighted by atomic mass is 9.87. The van der Waals surface area contributed by atoms with Crippen LogP contribution in [0.3, 0.4) is 0 Å². The van der Waals surface area contributed by atoms with E-state index in [2.05, 4.69) is 0 Å². The molecule has 0 saturated carbocycles. The van der Waals surface area contributed by atoms with Crippen LogP contribution in [0.15, 0.2) is 18.2 Å². The lowest BCUT2D eigenvalue weighted by molar-refractivity contribution is 0.636. The van der Waals surface area contributed by atoms with Crippen molar-refractivity contribution in [2.75, 3.05) is 0 Å². The summed E-state index contributed by atoms with van der Waals surface area (Å²) in [7, 11) is 3.72. The number of hydrogen-bond acceptors (Lipinski definition) is 0. The van der Waals surface area contributed by atoms with Crippen molar-refractivity contribution in [2.24, 2.45) is 0 Å². The van der Waals surface area contributed by atoms with E-state index in [1.165, 1.54) is 6.07 Å². The standard InChI is InChI=1S/C6H7B2F/c7-4-1-2-6(9)5(8)3-4/h1-3H,7-8H2. The molecule has 1 rings (SSSR count). The summed E-state index contributed by atoms with van der Waals surface area (Å²) >= 11 is 0. The van der Waals surface area contributed by atoms with Gasteiger partial charge in [-0.25, -0.2) is 4.39 Å². The zero-order chi connectivity index (χ0) is 6.85. The van der Waals surface area contributed by atoms with Crippen molar-refractivity contribution in [1.29, 1.82) is 0 Å². The molecule has 1 aromatic carbocycles. The maximum atomic E-state index is 12.5. The van der Waals surface area contributed by atoms with Crippen LogP contribution in [0.1, 0.15) is 0 Å². The van der Waals surface area contributed by atoms with Crippen molar-refractivity contribution in [2.45, 2.75) is 0 Å². The normalized spacial score (nSPS) is 9.44. The Balaban J connectivity index is 3.17.